The number of hydrogen-bond donors (Lipinski definition) is 0. The van der Waals surface area contributed by atoms with Gasteiger partial charge in [0.05, 0.1) is 0 Å². The summed E-state index contributed by atoms with van der Waals surface area (Å²) in [5, 5.41) is 0. The van der Waals surface area contributed by atoms with E-state index in [-0.39, 0.29) is 53.6 Å². The maximum absolute atomic E-state index is 8.06. The van der Waals surface area contributed by atoms with E-state index in [9.17, 15) is 0 Å². The fraction of sp³-hybridized carbons (Fsp3) is 0. The van der Waals surface area contributed by atoms with Crippen molar-refractivity contribution in [2.75, 3.05) is 0 Å². The van der Waals surface area contributed by atoms with E-state index in [1.807, 2.05) is 0 Å². The van der Waals surface area contributed by atoms with Crippen molar-refractivity contribution in [1.82, 2.24) is 0 Å². The molecule has 5 heavy (non-hydrogen) atoms. The van der Waals surface area contributed by atoms with Crippen LogP contribution in [0.2, 0.25) is 0 Å². The molecule has 1 nitrogen and oxygen atoms in total. The van der Waals surface area contributed by atoms with Crippen molar-refractivity contribution in [2.45, 2.75) is 0 Å². The van der Waals surface area contributed by atoms with E-state index < -0.39 is 0 Å². The average molecular weight is 197 g/mol. The van der Waals surface area contributed by atoms with Gasteiger partial charge in [0.15, 0.2) is 0 Å². The Hall–Kier alpha value is 1.92. The zero-order chi connectivity index (χ0) is 2.00. The molecule has 1 radical (unpaired) electrons. The molecule has 0 saturated heterocycles. The SMILES string of the molecule is [Co].[H-].[Li+].[Ni].[O]=[Mn]. The van der Waals surface area contributed by atoms with E-state index >= 15 is 0 Å². The first-order chi connectivity index (χ1) is 1.00. The van der Waals surface area contributed by atoms with Crippen LogP contribution in [0, 0.1) is 0 Å². The van der Waals surface area contributed by atoms with Gasteiger partial charge in [0.2, 0.25) is 0 Å². The van der Waals surface area contributed by atoms with Gasteiger partial charge in [-0.3, -0.25) is 0 Å². The van der Waals surface area contributed by atoms with Crippen LogP contribution < -0.4 is 18.9 Å². The molecular formula is HCoLiMnNiO. The molecule has 34 valence electrons. The molecule has 0 aromatic carbocycles. The Bertz CT molecular complexity index is 15.5. The molecule has 0 bridgehead atoms. The molecule has 0 aliphatic heterocycles. The molecule has 0 aromatic rings. The third-order valence-corrected chi connectivity index (χ3v) is 0. The predicted octanol–water partition coefficient (Wildman–Crippen LogP) is -3.01. The summed E-state index contributed by atoms with van der Waals surface area (Å²) in [6.45, 7) is 0. The summed E-state index contributed by atoms with van der Waals surface area (Å²) >= 11 is 1.69. The second-order valence-corrected chi connectivity index (χ2v) is 0. The summed E-state index contributed by atoms with van der Waals surface area (Å²) in [4.78, 5) is 0. The van der Waals surface area contributed by atoms with Crippen LogP contribution in [0.5, 0.6) is 0 Å². The monoisotopic (exact) mass is 196 g/mol. The summed E-state index contributed by atoms with van der Waals surface area (Å²) in [6, 6.07) is 0. The van der Waals surface area contributed by atoms with Crippen LogP contribution >= 0.6 is 0 Å². The maximum atomic E-state index is 8.06. The van der Waals surface area contributed by atoms with Crippen LogP contribution in [-0.2, 0) is 53.0 Å². The van der Waals surface area contributed by atoms with E-state index in [2.05, 4.69) is 0 Å². The van der Waals surface area contributed by atoms with Crippen LogP contribution in [0.15, 0.2) is 0 Å². The molecule has 0 fully saturated rings. The topological polar surface area (TPSA) is 17.1 Å². The second-order valence-electron chi connectivity index (χ2n) is 0. The molecule has 5 heteroatoms. The van der Waals surface area contributed by atoms with Gasteiger partial charge in [0.1, 0.15) is 0 Å². The van der Waals surface area contributed by atoms with Gasteiger partial charge in [0, 0.05) is 33.3 Å². The molecule has 0 aliphatic carbocycles. The molecule has 0 N–H and O–H groups in total. The Morgan fingerprint density at radius 1 is 1.40 bits per heavy atom. The van der Waals surface area contributed by atoms with Crippen LogP contribution in [0.4, 0.5) is 0 Å². The molecule has 0 unspecified atom stereocenters. The zero-order valence-corrected chi connectivity index (χ0v) is 5.64. The van der Waals surface area contributed by atoms with Gasteiger partial charge in [0.25, 0.3) is 0 Å². The standard InChI is InChI=1S/Co.Li.Mn.Ni.O.H/q;+1;;;;-1. The van der Waals surface area contributed by atoms with Gasteiger partial charge >= 0.3 is 38.6 Å². The second kappa shape index (κ2) is 38.9. The summed E-state index contributed by atoms with van der Waals surface area (Å²) in [5.74, 6) is 0. The fourth-order valence-corrected chi connectivity index (χ4v) is 0. The third kappa shape index (κ3) is 24.7. The Kier molecular flexibility index (Phi) is 222. The predicted molar refractivity (Wildman–Crippen MR) is 1.80 cm³/mol. The molecule has 0 amide bonds. The Labute approximate surface area is 72.8 Å². The average Bonchev–Trinajstić information content (AvgIpc) is 1.00. The van der Waals surface area contributed by atoms with Gasteiger partial charge in [-0.2, -0.15) is 0 Å². The first kappa shape index (κ1) is 28.5. The Morgan fingerprint density at radius 3 is 1.40 bits per heavy atom. The van der Waals surface area contributed by atoms with Crippen molar-refractivity contribution in [3.8, 4) is 0 Å². The van der Waals surface area contributed by atoms with Gasteiger partial charge in [-0.1, -0.05) is 0 Å². The van der Waals surface area contributed by atoms with E-state index in [1.165, 1.54) is 0 Å². The summed E-state index contributed by atoms with van der Waals surface area (Å²) < 4.78 is 8.06. The van der Waals surface area contributed by atoms with Crippen LogP contribution in [0.1, 0.15) is 1.43 Å². The molecule has 0 rings (SSSR count). The minimum absolute atomic E-state index is 0. The quantitative estimate of drug-likeness (QED) is 0.377. The van der Waals surface area contributed by atoms with Crippen molar-refractivity contribution in [3.05, 3.63) is 0 Å². The first-order valence-electron chi connectivity index (χ1n) is 0.154. The van der Waals surface area contributed by atoms with E-state index in [4.69, 9.17) is 3.83 Å². The molecule has 0 spiro atoms. The Morgan fingerprint density at radius 2 is 1.40 bits per heavy atom. The van der Waals surface area contributed by atoms with Crippen LogP contribution in [0.3, 0.4) is 0 Å². The Balaban J connectivity index is -0.000000000833. The molecule has 0 aliphatic rings. The molecule has 0 saturated carbocycles. The van der Waals surface area contributed by atoms with E-state index in [1.54, 1.807) is 15.9 Å². The van der Waals surface area contributed by atoms with Gasteiger partial charge in [-0.05, 0) is 0 Å². The van der Waals surface area contributed by atoms with Crippen molar-refractivity contribution in [1.29, 1.82) is 0 Å². The molecule has 0 aromatic heterocycles. The normalized spacial score (nSPS) is 0.800. The minimum atomic E-state index is 0. The van der Waals surface area contributed by atoms with Crippen LogP contribution in [-0.4, -0.2) is 0 Å². The number of hydrogen-bond acceptors (Lipinski definition) is 1. The van der Waals surface area contributed by atoms with E-state index in [0.717, 1.165) is 0 Å². The summed E-state index contributed by atoms with van der Waals surface area (Å²) in [5.41, 5.74) is 0. The molecular weight excluding hydrogens is 196 g/mol. The van der Waals surface area contributed by atoms with Crippen molar-refractivity contribution in [2.24, 2.45) is 0 Å². The molecule has 0 heterocycles. The molecule has 0 atom stereocenters. The zero-order valence-electron chi connectivity index (χ0n) is 3.44. The van der Waals surface area contributed by atoms with Crippen molar-refractivity contribution < 1.29 is 73.3 Å². The summed E-state index contributed by atoms with van der Waals surface area (Å²) in [7, 11) is 0. The van der Waals surface area contributed by atoms with Crippen LogP contribution in [0.25, 0.3) is 0 Å². The third-order valence-electron chi connectivity index (χ3n) is 0. The van der Waals surface area contributed by atoms with Gasteiger partial charge in [-0.25, -0.2) is 0 Å². The van der Waals surface area contributed by atoms with Crippen molar-refractivity contribution >= 4 is 0 Å². The van der Waals surface area contributed by atoms with E-state index in [0.29, 0.717) is 0 Å². The fourth-order valence-electron chi connectivity index (χ4n) is 0. The van der Waals surface area contributed by atoms with Crippen molar-refractivity contribution in [3.63, 3.8) is 0 Å². The first-order valence-corrected chi connectivity index (χ1v) is 0.636. The van der Waals surface area contributed by atoms with Gasteiger partial charge < -0.3 is 1.43 Å². The number of rotatable bonds is 0. The van der Waals surface area contributed by atoms with Gasteiger partial charge in [-0.15, -0.1) is 0 Å². The summed E-state index contributed by atoms with van der Waals surface area (Å²) in [6.07, 6.45) is 0.